The van der Waals surface area contributed by atoms with E-state index in [0.717, 1.165) is 51.9 Å². The minimum absolute atomic E-state index is 0.351. The smallest absolute Gasteiger partial charge is 0.0589 e. The lowest BCUT2D eigenvalue weighted by molar-refractivity contribution is 0.0769. The van der Waals surface area contributed by atoms with Crippen molar-refractivity contribution in [1.82, 2.24) is 10.2 Å². The van der Waals surface area contributed by atoms with Crippen molar-refractivity contribution in [1.29, 1.82) is 0 Å². The largest absolute Gasteiger partial charge is 0.383 e. The Morgan fingerprint density at radius 1 is 1.17 bits per heavy atom. The van der Waals surface area contributed by atoms with Crippen LogP contribution in [0.1, 0.15) is 33.1 Å². The van der Waals surface area contributed by atoms with Crippen LogP contribution in [0.25, 0.3) is 0 Å². The molecule has 108 valence electrons. The van der Waals surface area contributed by atoms with Crippen LogP contribution in [0, 0.1) is 0 Å². The number of hydrogen-bond donors (Lipinski definition) is 1. The minimum atomic E-state index is 0.351. The van der Waals surface area contributed by atoms with Gasteiger partial charge in [0.1, 0.15) is 0 Å². The predicted molar refractivity (Wildman–Crippen MR) is 75.0 cm³/mol. The summed E-state index contributed by atoms with van der Waals surface area (Å²) in [4.78, 5) is 2.54. The third-order valence-electron chi connectivity index (χ3n) is 3.17. The highest BCUT2D eigenvalue weighted by atomic mass is 16.5. The zero-order chi connectivity index (χ0) is 13.2. The normalized spacial score (nSPS) is 15.8. The van der Waals surface area contributed by atoms with Crippen molar-refractivity contribution in [2.75, 3.05) is 46.5 Å². The van der Waals surface area contributed by atoms with Crippen LogP contribution in [-0.4, -0.2) is 63.5 Å². The van der Waals surface area contributed by atoms with Crippen LogP contribution in [0.4, 0.5) is 0 Å². The Morgan fingerprint density at radius 3 is 2.56 bits per heavy atom. The maximum absolute atomic E-state index is 5.50. The Hall–Kier alpha value is -0.160. The summed E-state index contributed by atoms with van der Waals surface area (Å²) in [6.07, 6.45) is 4.18. The molecule has 0 unspecified atom stereocenters. The van der Waals surface area contributed by atoms with E-state index in [0.29, 0.717) is 6.10 Å². The maximum Gasteiger partial charge on any atom is 0.0589 e. The molecule has 0 radical (unpaired) electrons. The minimum Gasteiger partial charge on any atom is -0.383 e. The lowest BCUT2D eigenvalue weighted by Crippen LogP contribution is -2.36. The number of ether oxygens (including phenoxy) is 2. The second kappa shape index (κ2) is 9.73. The van der Waals surface area contributed by atoms with Crippen molar-refractivity contribution >= 4 is 0 Å². The number of hydrogen-bond acceptors (Lipinski definition) is 4. The van der Waals surface area contributed by atoms with Gasteiger partial charge in [-0.05, 0) is 39.7 Å². The van der Waals surface area contributed by atoms with E-state index >= 15 is 0 Å². The van der Waals surface area contributed by atoms with Gasteiger partial charge in [0, 0.05) is 39.4 Å². The monoisotopic (exact) mass is 258 g/mol. The van der Waals surface area contributed by atoms with Gasteiger partial charge in [0.15, 0.2) is 0 Å². The molecule has 0 aromatic carbocycles. The van der Waals surface area contributed by atoms with Gasteiger partial charge in [-0.1, -0.05) is 0 Å². The van der Waals surface area contributed by atoms with Crippen LogP contribution in [0.5, 0.6) is 0 Å². The highest BCUT2D eigenvalue weighted by molar-refractivity contribution is 4.84. The number of rotatable bonds is 12. The fourth-order valence-electron chi connectivity index (χ4n) is 1.99. The van der Waals surface area contributed by atoms with E-state index in [2.05, 4.69) is 24.1 Å². The predicted octanol–water partition coefficient (Wildman–Crippen LogP) is 1.50. The molecule has 1 N–H and O–H groups in total. The Labute approximate surface area is 112 Å². The number of nitrogens with one attached hydrogen (secondary N) is 1. The molecule has 1 saturated carbocycles. The van der Waals surface area contributed by atoms with E-state index in [1.807, 2.05) is 0 Å². The Bertz CT molecular complexity index is 196. The van der Waals surface area contributed by atoms with Crippen molar-refractivity contribution in [2.24, 2.45) is 0 Å². The fraction of sp³-hybridized carbons (Fsp3) is 1.00. The second-order valence-corrected chi connectivity index (χ2v) is 5.28. The summed E-state index contributed by atoms with van der Waals surface area (Å²) in [5.74, 6) is 0. The highest BCUT2D eigenvalue weighted by Crippen LogP contribution is 2.25. The SMILES string of the molecule is COCCN(CCNCCCOC(C)C)C1CC1. The van der Waals surface area contributed by atoms with Gasteiger partial charge in [-0.15, -0.1) is 0 Å². The zero-order valence-corrected chi connectivity index (χ0v) is 12.3. The summed E-state index contributed by atoms with van der Waals surface area (Å²) in [6, 6.07) is 0.825. The van der Waals surface area contributed by atoms with Gasteiger partial charge < -0.3 is 14.8 Å². The first-order chi connectivity index (χ1) is 8.74. The lowest BCUT2D eigenvalue weighted by atomic mass is 10.4. The van der Waals surface area contributed by atoms with Crippen LogP contribution in [-0.2, 0) is 9.47 Å². The van der Waals surface area contributed by atoms with E-state index in [1.165, 1.54) is 12.8 Å². The Kier molecular flexibility index (Phi) is 8.59. The molecule has 0 heterocycles. The molecule has 0 saturated heterocycles. The van der Waals surface area contributed by atoms with Gasteiger partial charge in [0.2, 0.25) is 0 Å². The van der Waals surface area contributed by atoms with Crippen molar-refractivity contribution < 1.29 is 9.47 Å². The van der Waals surface area contributed by atoms with Gasteiger partial charge in [-0.3, -0.25) is 4.90 Å². The first kappa shape index (κ1) is 15.9. The molecule has 1 aliphatic rings. The molecule has 4 heteroatoms. The molecule has 0 atom stereocenters. The number of methoxy groups -OCH3 is 1. The second-order valence-electron chi connectivity index (χ2n) is 5.28. The van der Waals surface area contributed by atoms with Gasteiger partial charge in [-0.25, -0.2) is 0 Å². The molecular formula is C14H30N2O2. The van der Waals surface area contributed by atoms with E-state index in [-0.39, 0.29) is 0 Å². The molecule has 1 fully saturated rings. The molecule has 0 aliphatic heterocycles. The van der Waals surface area contributed by atoms with Gasteiger partial charge >= 0.3 is 0 Å². The molecule has 0 aromatic rings. The van der Waals surface area contributed by atoms with Gasteiger partial charge in [0.25, 0.3) is 0 Å². The van der Waals surface area contributed by atoms with E-state index in [4.69, 9.17) is 9.47 Å². The maximum atomic E-state index is 5.50. The number of nitrogens with zero attached hydrogens (tertiary/aromatic N) is 1. The summed E-state index contributed by atoms with van der Waals surface area (Å²) in [5.41, 5.74) is 0. The molecule has 1 rings (SSSR count). The standard InChI is InChI=1S/C14H30N2O2/c1-13(2)18-11-4-7-15-8-9-16(10-12-17-3)14-5-6-14/h13-15H,4-12H2,1-3H3. The van der Waals surface area contributed by atoms with Crippen LogP contribution >= 0.6 is 0 Å². The topological polar surface area (TPSA) is 33.7 Å². The van der Waals surface area contributed by atoms with Gasteiger partial charge in [0.05, 0.1) is 12.7 Å². The molecule has 0 spiro atoms. The van der Waals surface area contributed by atoms with Crippen LogP contribution in [0.3, 0.4) is 0 Å². The third-order valence-corrected chi connectivity index (χ3v) is 3.17. The van der Waals surface area contributed by atoms with Crippen molar-refractivity contribution in [2.45, 2.75) is 45.3 Å². The van der Waals surface area contributed by atoms with Crippen molar-refractivity contribution in [3.8, 4) is 0 Å². The Morgan fingerprint density at radius 2 is 1.94 bits per heavy atom. The molecular weight excluding hydrogens is 228 g/mol. The van der Waals surface area contributed by atoms with E-state index in [9.17, 15) is 0 Å². The van der Waals surface area contributed by atoms with Gasteiger partial charge in [-0.2, -0.15) is 0 Å². The lowest BCUT2D eigenvalue weighted by Gasteiger charge is -2.21. The summed E-state index contributed by atoms with van der Waals surface area (Å²) in [7, 11) is 1.78. The van der Waals surface area contributed by atoms with Crippen LogP contribution in [0.2, 0.25) is 0 Å². The summed E-state index contributed by atoms with van der Waals surface area (Å²) < 4.78 is 10.7. The fourth-order valence-corrected chi connectivity index (χ4v) is 1.99. The molecule has 18 heavy (non-hydrogen) atoms. The average molecular weight is 258 g/mol. The Balaban J connectivity index is 1.91. The third kappa shape index (κ3) is 8.03. The summed E-state index contributed by atoms with van der Waals surface area (Å²) in [6.45, 7) is 10.2. The van der Waals surface area contributed by atoms with Crippen LogP contribution in [0.15, 0.2) is 0 Å². The molecule has 1 aliphatic carbocycles. The first-order valence-corrected chi connectivity index (χ1v) is 7.29. The summed E-state index contributed by atoms with van der Waals surface area (Å²) in [5, 5.41) is 3.49. The molecule has 0 aromatic heterocycles. The zero-order valence-electron chi connectivity index (χ0n) is 12.3. The average Bonchev–Trinajstić information content (AvgIpc) is 3.15. The van der Waals surface area contributed by atoms with Crippen LogP contribution < -0.4 is 5.32 Å². The van der Waals surface area contributed by atoms with E-state index < -0.39 is 0 Å². The van der Waals surface area contributed by atoms with E-state index in [1.54, 1.807) is 7.11 Å². The summed E-state index contributed by atoms with van der Waals surface area (Å²) >= 11 is 0. The molecule has 0 bridgehead atoms. The van der Waals surface area contributed by atoms with Crippen molar-refractivity contribution in [3.05, 3.63) is 0 Å². The first-order valence-electron chi connectivity index (χ1n) is 7.29. The quantitative estimate of drug-likeness (QED) is 0.538. The molecule has 4 nitrogen and oxygen atoms in total. The van der Waals surface area contributed by atoms with Crippen molar-refractivity contribution in [3.63, 3.8) is 0 Å². The molecule has 0 amide bonds. The highest BCUT2D eigenvalue weighted by Gasteiger charge is 2.27.